The molecule has 0 bridgehead atoms. The Balaban J connectivity index is 1.70. The number of nitro benzene ring substituents is 1. The number of fused-ring (bicyclic) bond motifs is 1. The molecule has 0 unspecified atom stereocenters. The Labute approximate surface area is 115 Å². The van der Waals surface area contributed by atoms with Crippen molar-refractivity contribution >= 4 is 16.7 Å². The number of nitrogens with zero attached hydrogens (tertiary/aromatic N) is 2. The Bertz CT molecular complexity index is 619. The van der Waals surface area contributed by atoms with Crippen LogP contribution >= 0.6 is 0 Å². The highest BCUT2D eigenvalue weighted by atomic mass is 16.6. The predicted molar refractivity (Wildman–Crippen MR) is 73.8 cm³/mol. The van der Waals surface area contributed by atoms with Gasteiger partial charge in [-0.05, 0) is 25.5 Å². The number of nitro groups is 1. The van der Waals surface area contributed by atoms with Crippen LogP contribution in [0.3, 0.4) is 0 Å². The zero-order valence-corrected chi connectivity index (χ0v) is 11.0. The van der Waals surface area contributed by atoms with E-state index in [1.54, 1.807) is 6.07 Å². The fourth-order valence-corrected chi connectivity index (χ4v) is 2.42. The lowest BCUT2D eigenvalue weighted by molar-refractivity contribution is -0.384. The number of rotatable bonds is 4. The lowest BCUT2D eigenvalue weighted by Gasteiger charge is -2.21. The predicted octanol–water partition coefficient (Wildman–Crippen LogP) is 1.85. The second kappa shape index (κ2) is 5.46. The number of piperidine rings is 1. The van der Waals surface area contributed by atoms with Gasteiger partial charge in [0.25, 0.3) is 11.7 Å². The van der Waals surface area contributed by atoms with Crippen LogP contribution in [0.5, 0.6) is 6.01 Å². The summed E-state index contributed by atoms with van der Waals surface area (Å²) in [5.41, 5.74) is 1.34. The summed E-state index contributed by atoms with van der Waals surface area (Å²) in [6.07, 6.45) is 2.32. The molecule has 1 aliphatic heterocycles. The number of H-pyrrole nitrogens is 1. The van der Waals surface area contributed by atoms with Crippen molar-refractivity contribution in [2.75, 3.05) is 19.7 Å². The number of ether oxygens (including phenoxy) is 1. The zero-order chi connectivity index (χ0) is 13.9. The first-order valence-corrected chi connectivity index (χ1v) is 6.70. The molecule has 1 saturated heterocycles. The molecular formula is C13H16N4O3. The van der Waals surface area contributed by atoms with Crippen molar-refractivity contribution in [2.24, 2.45) is 5.92 Å². The van der Waals surface area contributed by atoms with Crippen molar-refractivity contribution in [3.8, 4) is 6.01 Å². The first-order chi connectivity index (χ1) is 9.72. The molecule has 0 saturated carbocycles. The van der Waals surface area contributed by atoms with E-state index in [1.165, 1.54) is 18.6 Å². The average Bonchev–Trinajstić information content (AvgIpc) is 2.88. The Morgan fingerprint density at radius 1 is 1.50 bits per heavy atom. The van der Waals surface area contributed by atoms with Crippen LogP contribution in [0.25, 0.3) is 11.0 Å². The van der Waals surface area contributed by atoms with Gasteiger partial charge in [0.2, 0.25) is 0 Å². The highest BCUT2D eigenvalue weighted by Gasteiger charge is 2.15. The van der Waals surface area contributed by atoms with E-state index in [0.717, 1.165) is 19.5 Å². The van der Waals surface area contributed by atoms with E-state index in [2.05, 4.69) is 15.3 Å². The van der Waals surface area contributed by atoms with Crippen LogP contribution < -0.4 is 10.1 Å². The lowest BCUT2D eigenvalue weighted by Crippen LogP contribution is -2.33. The molecule has 1 aliphatic rings. The van der Waals surface area contributed by atoms with Crippen LogP contribution in [0.4, 0.5) is 5.69 Å². The molecule has 106 valence electrons. The summed E-state index contributed by atoms with van der Waals surface area (Å²) in [6, 6.07) is 4.96. The topological polar surface area (TPSA) is 93.1 Å². The van der Waals surface area contributed by atoms with Crippen LogP contribution in [0.15, 0.2) is 18.2 Å². The first kappa shape index (κ1) is 12.9. The van der Waals surface area contributed by atoms with Crippen molar-refractivity contribution in [1.29, 1.82) is 0 Å². The Morgan fingerprint density at radius 3 is 3.15 bits per heavy atom. The largest absolute Gasteiger partial charge is 0.464 e. The highest BCUT2D eigenvalue weighted by Crippen LogP contribution is 2.22. The standard InChI is InChI=1S/C13H16N4O3/c18-17(19)10-3-4-11-12(6-10)16-13(15-11)20-8-9-2-1-5-14-7-9/h3-4,6,9,14H,1-2,5,7-8H2,(H,15,16)/t9-/m0/s1. The SMILES string of the molecule is O=[N+]([O-])c1ccc2nc(OC[C@H]3CCCNC3)[nH]c2c1. The molecule has 0 aliphatic carbocycles. The minimum Gasteiger partial charge on any atom is -0.464 e. The van der Waals surface area contributed by atoms with Gasteiger partial charge in [-0.25, -0.2) is 0 Å². The summed E-state index contributed by atoms with van der Waals surface area (Å²) < 4.78 is 5.65. The molecule has 1 fully saturated rings. The Kier molecular flexibility index (Phi) is 3.51. The van der Waals surface area contributed by atoms with E-state index in [4.69, 9.17) is 4.74 Å². The van der Waals surface area contributed by atoms with Gasteiger partial charge in [-0.15, -0.1) is 0 Å². The third-order valence-electron chi connectivity index (χ3n) is 3.51. The van der Waals surface area contributed by atoms with Gasteiger partial charge in [-0.3, -0.25) is 10.1 Å². The number of aromatic nitrogens is 2. The lowest BCUT2D eigenvalue weighted by atomic mass is 10.0. The molecule has 2 aromatic rings. The molecule has 1 aromatic carbocycles. The number of imidazole rings is 1. The van der Waals surface area contributed by atoms with Gasteiger partial charge >= 0.3 is 0 Å². The molecule has 0 amide bonds. The van der Waals surface area contributed by atoms with Crippen molar-refractivity contribution < 1.29 is 9.66 Å². The van der Waals surface area contributed by atoms with Gasteiger partial charge < -0.3 is 15.0 Å². The average molecular weight is 276 g/mol. The number of nitrogens with one attached hydrogen (secondary N) is 2. The maximum atomic E-state index is 10.7. The monoisotopic (exact) mass is 276 g/mol. The zero-order valence-electron chi connectivity index (χ0n) is 11.0. The van der Waals surface area contributed by atoms with Crippen LogP contribution in [0.1, 0.15) is 12.8 Å². The smallest absolute Gasteiger partial charge is 0.294 e. The van der Waals surface area contributed by atoms with Gasteiger partial charge in [0.05, 0.1) is 22.6 Å². The summed E-state index contributed by atoms with van der Waals surface area (Å²) in [4.78, 5) is 17.5. The van der Waals surface area contributed by atoms with Crippen molar-refractivity contribution in [3.05, 3.63) is 28.3 Å². The van der Waals surface area contributed by atoms with E-state index in [1.807, 2.05) is 0 Å². The minimum atomic E-state index is -0.422. The molecule has 7 heteroatoms. The van der Waals surface area contributed by atoms with Crippen molar-refractivity contribution in [3.63, 3.8) is 0 Å². The highest BCUT2D eigenvalue weighted by molar-refractivity contribution is 5.78. The maximum absolute atomic E-state index is 10.7. The Hall–Kier alpha value is -2.15. The third kappa shape index (κ3) is 2.72. The summed E-state index contributed by atoms with van der Waals surface area (Å²) in [6.45, 7) is 2.64. The number of benzene rings is 1. The van der Waals surface area contributed by atoms with E-state index in [9.17, 15) is 10.1 Å². The van der Waals surface area contributed by atoms with Gasteiger partial charge in [0.1, 0.15) is 0 Å². The molecule has 1 atom stereocenters. The van der Waals surface area contributed by atoms with E-state index < -0.39 is 4.92 Å². The molecular weight excluding hydrogens is 260 g/mol. The maximum Gasteiger partial charge on any atom is 0.294 e. The van der Waals surface area contributed by atoms with E-state index in [-0.39, 0.29) is 5.69 Å². The van der Waals surface area contributed by atoms with E-state index in [0.29, 0.717) is 29.6 Å². The fraction of sp³-hybridized carbons (Fsp3) is 0.462. The van der Waals surface area contributed by atoms with Crippen LogP contribution in [-0.2, 0) is 0 Å². The summed E-state index contributed by atoms with van der Waals surface area (Å²) >= 11 is 0. The van der Waals surface area contributed by atoms with Gasteiger partial charge in [-0.1, -0.05) is 0 Å². The van der Waals surface area contributed by atoms with Gasteiger partial charge in [0, 0.05) is 24.6 Å². The Morgan fingerprint density at radius 2 is 2.40 bits per heavy atom. The van der Waals surface area contributed by atoms with Gasteiger partial charge in [0.15, 0.2) is 0 Å². The summed E-state index contributed by atoms with van der Waals surface area (Å²) in [5, 5.41) is 14.0. The molecule has 1 aromatic heterocycles. The first-order valence-electron chi connectivity index (χ1n) is 6.70. The number of non-ortho nitro benzene ring substituents is 1. The second-order valence-electron chi connectivity index (χ2n) is 5.02. The fourth-order valence-electron chi connectivity index (χ4n) is 2.42. The summed E-state index contributed by atoms with van der Waals surface area (Å²) in [5.74, 6) is 0.492. The second-order valence-corrected chi connectivity index (χ2v) is 5.02. The molecule has 3 rings (SSSR count). The number of hydrogen-bond acceptors (Lipinski definition) is 5. The molecule has 7 nitrogen and oxygen atoms in total. The minimum absolute atomic E-state index is 0.0455. The van der Waals surface area contributed by atoms with Crippen molar-refractivity contribution in [1.82, 2.24) is 15.3 Å². The summed E-state index contributed by atoms with van der Waals surface area (Å²) in [7, 11) is 0. The van der Waals surface area contributed by atoms with Crippen molar-refractivity contribution in [2.45, 2.75) is 12.8 Å². The third-order valence-corrected chi connectivity index (χ3v) is 3.51. The molecule has 2 N–H and O–H groups in total. The number of aromatic amines is 1. The normalized spacial score (nSPS) is 19.1. The molecule has 0 spiro atoms. The molecule has 0 radical (unpaired) electrons. The quantitative estimate of drug-likeness (QED) is 0.656. The molecule has 2 heterocycles. The number of hydrogen-bond donors (Lipinski definition) is 2. The van der Waals surface area contributed by atoms with Gasteiger partial charge in [-0.2, -0.15) is 4.98 Å². The van der Waals surface area contributed by atoms with Crippen LogP contribution in [0.2, 0.25) is 0 Å². The van der Waals surface area contributed by atoms with E-state index >= 15 is 0 Å². The molecule has 20 heavy (non-hydrogen) atoms. The van der Waals surface area contributed by atoms with Crippen LogP contribution in [-0.4, -0.2) is 34.6 Å². The van der Waals surface area contributed by atoms with Crippen LogP contribution in [0, 0.1) is 16.0 Å².